The maximum Gasteiger partial charge on any atom is 0.250 e. The number of rotatable bonds is 2. The summed E-state index contributed by atoms with van der Waals surface area (Å²) in [5, 5.41) is 4.98. The highest BCUT2D eigenvalue weighted by molar-refractivity contribution is 7.80. The summed E-state index contributed by atoms with van der Waals surface area (Å²) >= 11 is 11.7. The number of aromatic nitrogens is 1. The van der Waals surface area contributed by atoms with E-state index in [1.165, 1.54) is 0 Å². The molecule has 2 aromatic rings. The van der Waals surface area contributed by atoms with Crippen LogP contribution >= 0.6 is 23.8 Å². The van der Waals surface area contributed by atoms with Crippen LogP contribution in [-0.4, -0.2) is 27.7 Å². The molecule has 0 radical (unpaired) electrons. The molecule has 1 fully saturated rings. The Morgan fingerprint density at radius 3 is 2.73 bits per heavy atom. The van der Waals surface area contributed by atoms with Crippen LogP contribution in [0.1, 0.15) is 36.6 Å². The second kappa shape index (κ2) is 7.05. The Morgan fingerprint density at radius 2 is 1.96 bits per heavy atom. The normalized spacial score (nSPS) is 22.5. The Kier molecular flexibility index (Phi) is 4.76. The van der Waals surface area contributed by atoms with Crippen molar-refractivity contribution < 1.29 is 0 Å². The smallest absolute Gasteiger partial charge is 0.250 e. The number of nitrogens with zero attached hydrogens (tertiary/aromatic N) is 2. The van der Waals surface area contributed by atoms with E-state index >= 15 is 0 Å². The lowest BCUT2D eigenvalue weighted by atomic mass is 9.83. The van der Waals surface area contributed by atoms with Gasteiger partial charge in [0.15, 0.2) is 5.11 Å². The van der Waals surface area contributed by atoms with Crippen LogP contribution in [0.15, 0.2) is 47.3 Å². The quantitative estimate of drug-likeness (QED) is 0.799. The van der Waals surface area contributed by atoms with Crippen molar-refractivity contribution in [2.24, 2.45) is 5.92 Å². The third kappa shape index (κ3) is 3.38. The average Bonchev–Trinajstić information content (AvgIpc) is 2.63. The molecule has 4 rings (SSSR count). The van der Waals surface area contributed by atoms with Crippen molar-refractivity contribution in [2.75, 3.05) is 13.1 Å². The van der Waals surface area contributed by atoms with Gasteiger partial charge in [0.25, 0.3) is 5.56 Å². The van der Waals surface area contributed by atoms with Crippen molar-refractivity contribution in [3.8, 4) is 0 Å². The number of pyridine rings is 1. The van der Waals surface area contributed by atoms with Crippen LogP contribution in [0.25, 0.3) is 0 Å². The van der Waals surface area contributed by atoms with Crippen molar-refractivity contribution in [2.45, 2.75) is 31.8 Å². The lowest BCUT2D eigenvalue weighted by Gasteiger charge is -2.44. The summed E-state index contributed by atoms with van der Waals surface area (Å²) in [4.78, 5) is 14.4. The zero-order chi connectivity index (χ0) is 18.3. The van der Waals surface area contributed by atoms with Gasteiger partial charge in [0.05, 0.1) is 6.04 Å². The van der Waals surface area contributed by atoms with E-state index in [0.717, 1.165) is 47.4 Å². The molecule has 4 nitrogen and oxygen atoms in total. The first-order valence-corrected chi connectivity index (χ1v) is 9.80. The van der Waals surface area contributed by atoms with Gasteiger partial charge in [-0.05, 0) is 55.2 Å². The van der Waals surface area contributed by atoms with E-state index in [1.807, 2.05) is 34.9 Å². The highest BCUT2D eigenvalue weighted by Gasteiger charge is 2.35. The number of hydrogen-bond donors (Lipinski definition) is 1. The molecule has 136 valence electrons. The van der Waals surface area contributed by atoms with Crippen LogP contribution in [0.2, 0.25) is 5.02 Å². The van der Waals surface area contributed by atoms with Crippen molar-refractivity contribution >= 4 is 28.9 Å². The van der Waals surface area contributed by atoms with Crippen LogP contribution in [0.3, 0.4) is 0 Å². The second-order valence-electron chi connectivity index (χ2n) is 7.33. The highest BCUT2D eigenvalue weighted by Crippen LogP contribution is 2.35. The minimum atomic E-state index is 0.114. The monoisotopic (exact) mass is 387 g/mol. The summed E-state index contributed by atoms with van der Waals surface area (Å²) < 4.78 is 1.95. The van der Waals surface area contributed by atoms with Gasteiger partial charge in [-0.15, -0.1) is 0 Å². The molecular weight excluding hydrogens is 366 g/mol. The maximum absolute atomic E-state index is 12.1. The number of thiocarbonyl (C=S) groups is 1. The summed E-state index contributed by atoms with van der Waals surface area (Å²) in [7, 11) is 0. The Balaban J connectivity index is 1.47. The van der Waals surface area contributed by atoms with Crippen molar-refractivity contribution in [1.29, 1.82) is 0 Å². The number of fused-ring (bicyclic) bond motifs is 4. The molecule has 1 saturated heterocycles. The molecule has 0 unspecified atom stereocenters. The summed E-state index contributed by atoms with van der Waals surface area (Å²) in [6, 6.07) is 13.6. The molecule has 1 N–H and O–H groups in total. The van der Waals surface area contributed by atoms with Gasteiger partial charge in [-0.2, -0.15) is 0 Å². The Hall–Kier alpha value is -1.85. The van der Waals surface area contributed by atoms with E-state index in [2.05, 4.69) is 23.2 Å². The largest absolute Gasteiger partial charge is 0.356 e. The molecule has 0 saturated carbocycles. The first-order chi connectivity index (χ1) is 12.5. The third-order valence-corrected chi connectivity index (χ3v) is 6.10. The molecule has 3 atom stereocenters. The molecule has 1 aromatic carbocycles. The Bertz CT molecular complexity index is 879. The highest BCUT2D eigenvalue weighted by atomic mass is 35.5. The summed E-state index contributed by atoms with van der Waals surface area (Å²) in [6.07, 6.45) is 1.13. The zero-order valence-corrected chi connectivity index (χ0v) is 16.3. The molecule has 1 aromatic heterocycles. The maximum atomic E-state index is 12.1. The lowest BCUT2D eigenvalue weighted by molar-refractivity contribution is 0.176. The van der Waals surface area contributed by atoms with Crippen LogP contribution < -0.4 is 10.9 Å². The van der Waals surface area contributed by atoms with Gasteiger partial charge < -0.3 is 14.8 Å². The summed E-state index contributed by atoms with van der Waals surface area (Å²) in [5.74, 6) is 0.828. The van der Waals surface area contributed by atoms with E-state index in [1.54, 1.807) is 6.07 Å². The Labute approximate surface area is 163 Å². The molecule has 0 amide bonds. The number of benzene rings is 1. The summed E-state index contributed by atoms with van der Waals surface area (Å²) in [5.41, 5.74) is 2.42. The number of piperidine rings is 1. The Morgan fingerprint density at radius 1 is 1.19 bits per heavy atom. The minimum Gasteiger partial charge on any atom is -0.356 e. The van der Waals surface area contributed by atoms with Gasteiger partial charge in [0.2, 0.25) is 0 Å². The van der Waals surface area contributed by atoms with Crippen molar-refractivity contribution in [3.63, 3.8) is 0 Å². The molecule has 26 heavy (non-hydrogen) atoms. The molecule has 3 heterocycles. The molecule has 6 heteroatoms. The lowest BCUT2D eigenvalue weighted by Crippen LogP contribution is -2.52. The van der Waals surface area contributed by atoms with E-state index in [-0.39, 0.29) is 11.6 Å². The fourth-order valence-corrected chi connectivity index (χ4v) is 4.63. The van der Waals surface area contributed by atoms with Gasteiger partial charge in [0.1, 0.15) is 0 Å². The van der Waals surface area contributed by atoms with E-state index < -0.39 is 0 Å². The zero-order valence-electron chi connectivity index (χ0n) is 14.7. The fraction of sp³-hybridized carbons (Fsp3) is 0.400. The molecule has 0 aliphatic carbocycles. The average molecular weight is 388 g/mol. The third-order valence-electron chi connectivity index (χ3n) is 5.48. The van der Waals surface area contributed by atoms with E-state index in [9.17, 15) is 4.79 Å². The van der Waals surface area contributed by atoms with Gasteiger partial charge >= 0.3 is 0 Å². The molecular formula is C20H22ClN3OS. The first kappa shape index (κ1) is 17.6. The van der Waals surface area contributed by atoms with Crippen LogP contribution in [0.5, 0.6) is 0 Å². The van der Waals surface area contributed by atoms with Gasteiger partial charge in [-0.3, -0.25) is 4.79 Å². The molecule has 2 aliphatic rings. The van der Waals surface area contributed by atoms with E-state index in [0.29, 0.717) is 11.8 Å². The topological polar surface area (TPSA) is 37.3 Å². The minimum absolute atomic E-state index is 0.114. The number of hydrogen-bond acceptors (Lipinski definition) is 2. The molecule has 0 spiro atoms. The van der Waals surface area contributed by atoms with Gasteiger partial charge in [-0.1, -0.05) is 29.8 Å². The predicted octanol–water partition coefficient (Wildman–Crippen LogP) is 3.56. The molecule has 2 aliphatic heterocycles. The van der Waals surface area contributed by atoms with Gasteiger partial charge in [-0.25, -0.2) is 0 Å². The standard InChI is InChI=1S/C20H22ClN3OS/c1-13(15-5-7-17(21)8-6-15)22-20(26)23-10-14-9-16(12-23)18-3-2-4-19(25)24(18)11-14/h2-8,13-14,16H,9-12H2,1H3,(H,22,26)/t13-,14-,16-/m1/s1. The SMILES string of the molecule is C[C@@H](NC(=S)N1C[C@H]2C[C@H](C1)c1cccc(=O)n1C2)c1ccc(Cl)cc1. The summed E-state index contributed by atoms with van der Waals surface area (Å²) in [6.45, 7) is 4.65. The number of likely N-dealkylation sites (tertiary alicyclic amines) is 1. The van der Waals surface area contributed by atoms with E-state index in [4.69, 9.17) is 23.8 Å². The predicted molar refractivity (Wildman–Crippen MR) is 109 cm³/mol. The van der Waals surface area contributed by atoms with Crippen LogP contribution in [0, 0.1) is 5.92 Å². The van der Waals surface area contributed by atoms with Crippen molar-refractivity contribution in [1.82, 2.24) is 14.8 Å². The fourth-order valence-electron chi connectivity index (χ4n) is 4.17. The second-order valence-corrected chi connectivity index (χ2v) is 8.15. The number of halogens is 1. The van der Waals surface area contributed by atoms with Gasteiger partial charge in [0, 0.05) is 42.3 Å². The first-order valence-electron chi connectivity index (χ1n) is 9.02. The number of nitrogens with one attached hydrogen (secondary N) is 1. The molecule has 2 bridgehead atoms. The van der Waals surface area contributed by atoms with Crippen LogP contribution in [0.4, 0.5) is 0 Å². The van der Waals surface area contributed by atoms with Crippen molar-refractivity contribution in [3.05, 3.63) is 69.1 Å². The van der Waals surface area contributed by atoms with Crippen LogP contribution in [-0.2, 0) is 6.54 Å².